The highest BCUT2D eigenvalue weighted by Crippen LogP contribution is 2.40. The van der Waals surface area contributed by atoms with E-state index in [1.807, 2.05) is 6.07 Å². The number of nitrogens with one attached hydrogen (secondary N) is 1. The normalized spacial score (nSPS) is 22.2. The van der Waals surface area contributed by atoms with E-state index < -0.39 is 11.4 Å². The summed E-state index contributed by atoms with van der Waals surface area (Å²) >= 11 is 0. The second-order valence-corrected chi connectivity index (χ2v) is 11.9. The number of hydrogen-bond donors (Lipinski definition) is 2. The van der Waals surface area contributed by atoms with Crippen LogP contribution in [0.2, 0.25) is 0 Å². The van der Waals surface area contributed by atoms with E-state index in [1.165, 1.54) is 62.3 Å². The maximum atomic E-state index is 15.3. The van der Waals surface area contributed by atoms with E-state index >= 15 is 4.39 Å². The van der Waals surface area contributed by atoms with Crippen LogP contribution in [0.5, 0.6) is 0 Å². The molecule has 0 radical (unpaired) electrons. The van der Waals surface area contributed by atoms with Crippen LogP contribution in [0.3, 0.4) is 0 Å². The highest BCUT2D eigenvalue weighted by atomic mass is 19.1. The number of hydrogen-bond acceptors (Lipinski definition) is 4. The average Bonchev–Trinajstić information content (AvgIpc) is 3.68. The van der Waals surface area contributed by atoms with Crippen LogP contribution in [0.25, 0.3) is 11.1 Å². The van der Waals surface area contributed by atoms with Crippen molar-refractivity contribution >= 4 is 17.5 Å². The Hall–Kier alpha value is -2.93. The first-order valence-electron chi connectivity index (χ1n) is 14.4. The molecule has 6 rings (SSSR count). The number of fused-ring (bicyclic) bond motifs is 1. The second-order valence-electron chi connectivity index (χ2n) is 11.9. The van der Waals surface area contributed by atoms with Gasteiger partial charge in [-0.05, 0) is 73.9 Å². The molecule has 0 unspecified atom stereocenters. The van der Waals surface area contributed by atoms with Crippen molar-refractivity contribution < 1.29 is 19.1 Å². The van der Waals surface area contributed by atoms with Gasteiger partial charge in [0.2, 0.25) is 0 Å². The molecule has 7 heteroatoms. The summed E-state index contributed by atoms with van der Waals surface area (Å²) in [6.45, 7) is 1.53. The van der Waals surface area contributed by atoms with Crippen molar-refractivity contribution in [2.75, 3.05) is 31.5 Å². The second kappa shape index (κ2) is 9.99. The number of halogens is 1. The molecule has 2 amide bonds. The number of anilines is 1. The van der Waals surface area contributed by atoms with Gasteiger partial charge in [-0.25, -0.2) is 4.39 Å². The molecule has 3 fully saturated rings. The molecule has 4 aliphatic rings. The molecule has 2 heterocycles. The van der Waals surface area contributed by atoms with Gasteiger partial charge in [0.25, 0.3) is 11.8 Å². The summed E-state index contributed by atoms with van der Waals surface area (Å²) in [5, 5.41) is 14.0. The zero-order valence-electron chi connectivity index (χ0n) is 22.1. The van der Waals surface area contributed by atoms with Gasteiger partial charge < -0.3 is 20.2 Å². The highest BCUT2D eigenvalue weighted by Gasteiger charge is 2.50. The molecule has 202 valence electrons. The smallest absolute Gasteiger partial charge is 0.254 e. The predicted octanol–water partition coefficient (Wildman–Crippen LogP) is 5.14. The molecule has 2 aromatic carbocycles. The summed E-state index contributed by atoms with van der Waals surface area (Å²) in [6, 6.07) is 10.9. The van der Waals surface area contributed by atoms with Gasteiger partial charge in [-0.3, -0.25) is 9.59 Å². The first kappa shape index (κ1) is 25.4. The van der Waals surface area contributed by atoms with Gasteiger partial charge in [0, 0.05) is 48.5 Å². The Labute approximate surface area is 224 Å². The molecule has 1 spiro atoms. The Balaban J connectivity index is 1.12. The predicted molar refractivity (Wildman–Crippen MR) is 145 cm³/mol. The first-order valence-corrected chi connectivity index (χ1v) is 14.4. The van der Waals surface area contributed by atoms with Gasteiger partial charge in [0.05, 0.1) is 0 Å². The summed E-state index contributed by atoms with van der Waals surface area (Å²) < 4.78 is 15.3. The van der Waals surface area contributed by atoms with Crippen LogP contribution in [-0.4, -0.2) is 64.0 Å². The van der Waals surface area contributed by atoms with E-state index in [-0.39, 0.29) is 17.4 Å². The fourth-order valence-electron chi connectivity index (χ4n) is 6.57. The number of carbonyl (C=O) groups is 2. The van der Waals surface area contributed by atoms with Crippen molar-refractivity contribution in [1.82, 2.24) is 9.80 Å². The summed E-state index contributed by atoms with van der Waals surface area (Å²) in [5.74, 6) is -0.868. The van der Waals surface area contributed by atoms with Crippen LogP contribution in [0, 0.1) is 5.82 Å². The van der Waals surface area contributed by atoms with Gasteiger partial charge in [-0.2, -0.15) is 0 Å². The van der Waals surface area contributed by atoms with Crippen molar-refractivity contribution in [3.05, 3.63) is 53.3 Å². The van der Waals surface area contributed by atoms with Crippen LogP contribution < -0.4 is 5.32 Å². The number of nitrogens with zero attached hydrogens (tertiary/aromatic N) is 2. The molecule has 2 saturated carbocycles. The third kappa shape index (κ3) is 4.93. The lowest BCUT2D eigenvalue weighted by Crippen LogP contribution is -2.53. The van der Waals surface area contributed by atoms with Gasteiger partial charge in [0.1, 0.15) is 11.4 Å². The maximum absolute atomic E-state index is 15.3. The maximum Gasteiger partial charge on any atom is 0.254 e. The number of benzene rings is 2. The Kier molecular flexibility index (Phi) is 6.67. The highest BCUT2D eigenvalue weighted by molar-refractivity contribution is 5.95. The quantitative estimate of drug-likeness (QED) is 0.589. The molecule has 0 atom stereocenters. The number of carbonyl (C=O) groups excluding carboxylic acids is 2. The lowest BCUT2D eigenvalue weighted by atomic mass is 9.77. The zero-order valence-corrected chi connectivity index (χ0v) is 22.1. The van der Waals surface area contributed by atoms with Gasteiger partial charge >= 0.3 is 0 Å². The minimum Gasteiger partial charge on any atom is -0.380 e. The van der Waals surface area contributed by atoms with E-state index in [9.17, 15) is 14.7 Å². The van der Waals surface area contributed by atoms with Crippen LogP contribution in [0.15, 0.2) is 36.4 Å². The number of aliphatic hydroxyl groups is 1. The van der Waals surface area contributed by atoms with E-state index in [0.29, 0.717) is 50.1 Å². The fraction of sp³-hybridized carbons (Fsp3) is 0.548. The monoisotopic (exact) mass is 519 g/mol. The Morgan fingerprint density at radius 3 is 2.18 bits per heavy atom. The SMILES string of the molecule is O=C(c1ccc(-c2ccc3c(c2)CCC2(CCCCCCC2)N3)c(F)c1)N1CCN(C(=O)C2(O)CC2)CC1. The number of rotatable bonds is 3. The van der Waals surface area contributed by atoms with Crippen LogP contribution in [0.4, 0.5) is 10.1 Å². The molecule has 38 heavy (non-hydrogen) atoms. The molecule has 1 saturated heterocycles. The third-order valence-corrected chi connectivity index (χ3v) is 9.19. The molecule has 6 nitrogen and oxygen atoms in total. The molecule has 2 aliphatic carbocycles. The summed E-state index contributed by atoms with van der Waals surface area (Å²) in [6.07, 6.45) is 12.2. The third-order valence-electron chi connectivity index (χ3n) is 9.19. The van der Waals surface area contributed by atoms with Crippen molar-refractivity contribution in [3.63, 3.8) is 0 Å². The average molecular weight is 520 g/mol. The zero-order chi connectivity index (χ0) is 26.3. The molecule has 2 N–H and O–H groups in total. The molecule has 2 aliphatic heterocycles. The molecule has 0 bridgehead atoms. The molecular formula is C31H38FN3O3. The lowest BCUT2D eigenvalue weighted by molar-refractivity contribution is -0.143. The summed E-state index contributed by atoms with van der Waals surface area (Å²) in [7, 11) is 0. The number of piperazine rings is 1. The van der Waals surface area contributed by atoms with Crippen molar-refractivity contribution in [3.8, 4) is 11.1 Å². The largest absolute Gasteiger partial charge is 0.380 e. The standard InChI is InChI=1S/C31H38FN3O3/c32-26-21-24(28(36)34-16-18-35(19-17-34)29(37)31(38)14-15-31)6-8-25(26)22-7-9-27-23(20-22)10-13-30(33-27)11-4-2-1-3-5-12-30/h6-9,20-21,33,38H,1-5,10-19H2. The minimum atomic E-state index is -1.19. The van der Waals surface area contributed by atoms with Gasteiger partial charge in [-0.15, -0.1) is 0 Å². The van der Waals surface area contributed by atoms with E-state index in [1.54, 1.807) is 21.9 Å². The van der Waals surface area contributed by atoms with Crippen molar-refractivity contribution in [2.24, 2.45) is 0 Å². The van der Waals surface area contributed by atoms with Crippen molar-refractivity contribution in [2.45, 2.75) is 81.8 Å². The molecule has 0 aromatic heterocycles. The Bertz CT molecular complexity index is 1220. The Morgan fingerprint density at radius 2 is 1.50 bits per heavy atom. The van der Waals surface area contributed by atoms with Crippen LogP contribution in [-0.2, 0) is 11.2 Å². The van der Waals surface area contributed by atoms with E-state index in [0.717, 1.165) is 18.4 Å². The first-order chi connectivity index (χ1) is 18.4. The van der Waals surface area contributed by atoms with E-state index in [4.69, 9.17) is 0 Å². The molecule has 2 aromatic rings. The Morgan fingerprint density at radius 1 is 0.816 bits per heavy atom. The van der Waals surface area contributed by atoms with Gasteiger partial charge in [0.15, 0.2) is 0 Å². The molecular weight excluding hydrogens is 481 g/mol. The van der Waals surface area contributed by atoms with Gasteiger partial charge in [-0.1, -0.05) is 44.2 Å². The summed E-state index contributed by atoms with van der Waals surface area (Å²) in [4.78, 5) is 28.7. The lowest BCUT2D eigenvalue weighted by Gasteiger charge is -2.41. The topological polar surface area (TPSA) is 72.9 Å². The van der Waals surface area contributed by atoms with Crippen molar-refractivity contribution in [1.29, 1.82) is 0 Å². The van der Waals surface area contributed by atoms with Crippen LogP contribution >= 0.6 is 0 Å². The minimum absolute atomic E-state index is 0.207. The van der Waals surface area contributed by atoms with Crippen LogP contribution in [0.1, 0.15) is 80.1 Å². The number of amides is 2. The van der Waals surface area contributed by atoms with E-state index in [2.05, 4.69) is 17.4 Å². The fourth-order valence-corrected chi connectivity index (χ4v) is 6.57. The number of aryl methyl sites for hydroxylation is 1. The summed E-state index contributed by atoms with van der Waals surface area (Å²) in [5.41, 5.74) is 3.09.